The standard InChI is InChI=1S/C21H38F3N3O4/c1-11(2)8-15(14(7)28)25-19(30)16(10-21(22,23)24)26-20(31)18(13(5)6)27-17(29)9-12(3)4/h11-16,18,28H,8-10H2,1-7H3,(H,25,30)(H,26,31)(H,27,29)/t14-,15-,16-,18-/m0/s1. The molecule has 0 unspecified atom stereocenters. The molecule has 0 saturated heterocycles. The smallest absolute Gasteiger partial charge is 0.391 e. The second-order valence-electron chi connectivity index (χ2n) is 9.25. The van der Waals surface area contributed by atoms with E-state index in [2.05, 4.69) is 16.0 Å². The Kier molecular flexibility index (Phi) is 12.1. The van der Waals surface area contributed by atoms with Crippen molar-refractivity contribution in [3.63, 3.8) is 0 Å². The van der Waals surface area contributed by atoms with E-state index >= 15 is 0 Å². The topological polar surface area (TPSA) is 108 Å². The molecule has 0 rings (SSSR count). The van der Waals surface area contributed by atoms with Gasteiger partial charge in [0.1, 0.15) is 12.1 Å². The van der Waals surface area contributed by atoms with Gasteiger partial charge in [0.25, 0.3) is 0 Å². The lowest BCUT2D eigenvalue weighted by molar-refractivity contribution is -0.152. The number of alkyl halides is 3. The summed E-state index contributed by atoms with van der Waals surface area (Å²) in [4.78, 5) is 37.3. The molecule has 0 saturated carbocycles. The number of carbonyl (C=O) groups excluding carboxylic acids is 3. The average molecular weight is 454 g/mol. The van der Waals surface area contributed by atoms with Crippen molar-refractivity contribution >= 4 is 17.7 Å². The van der Waals surface area contributed by atoms with E-state index in [-0.39, 0.29) is 18.3 Å². The van der Waals surface area contributed by atoms with Gasteiger partial charge in [0, 0.05) is 6.42 Å². The molecule has 0 fully saturated rings. The summed E-state index contributed by atoms with van der Waals surface area (Å²) in [5.41, 5.74) is 0. The number of carbonyl (C=O) groups is 3. The van der Waals surface area contributed by atoms with Crippen molar-refractivity contribution in [2.75, 3.05) is 0 Å². The molecule has 0 spiro atoms. The number of hydrogen-bond donors (Lipinski definition) is 4. The highest BCUT2D eigenvalue weighted by Crippen LogP contribution is 2.22. The Hall–Kier alpha value is -1.84. The van der Waals surface area contributed by atoms with Crippen molar-refractivity contribution < 1.29 is 32.7 Å². The highest BCUT2D eigenvalue weighted by atomic mass is 19.4. The number of aliphatic hydroxyl groups is 1. The Morgan fingerprint density at radius 2 is 1.39 bits per heavy atom. The zero-order chi connectivity index (χ0) is 24.5. The quantitative estimate of drug-likeness (QED) is 0.364. The number of amides is 3. The highest BCUT2D eigenvalue weighted by Gasteiger charge is 2.38. The van der Waals surface area contributed by atoms with E-state index < -0.39 is 60.5 Å². The summed E-state index contributed by atoms with van der Waals surface area (Å²) in [6.07, 6.45) is -6.73. The van der Waals surface area contributed by atoms with Crippen LogP contribution in [0.2, 0.25) is 0 Å². The van der Waals surface area contributed by atoms with Gasteiger partial charge < -0.3 is 21.1 Å². The van der Waals surface area contributed by atoms with E-state index in [0.29, 0.717) is 6.42 Å². The Bertz CT molecular complexity index is 593. The van der Waals surface area contributed by atoms with E-state index in [1.54, 1.807) is 13.8 Å². The SMILES string of the molecule is CC(C)CC(=O)N[C@H](C(=O)N[C@@H](CC(F)(F)F)C(=O)N[C@@H](CC(C)C)[C@H](C)O)C(C)C. The van der Waals surface area contributed by atoms with E-state index in [1.165, 1.54) is 6.92 Å². The number of hydrogen-bond acceptors (Lipinski definition) is 4. The van der Waals surface area contributed by atoms with Crippen LogP contribution in [0, 0.1) is 17.8 Å². The summed E-state index contributed by atoms with van der Waals surface area (Å²) >= 11 is 0. The number of halogens is 3. The molecule has 7 nitrogen and oxygen atoms in total. The van der Waals surface area contributed by atoms with Crippen LogP contribution in [0.25, 0.3) is 0 Å². The predicted molar refractivity (Wildman–Crippen MR) is 112 cm³/mol. The van der Waals surface area contributed by atoms with Crippen LogP contribution in [0.1, 0.15) is 67.7 Å². The lowest BCUT2D eigenvalue weighted by Crippen LogP contribution is -2.58. The molecule has 0 aliphatic heterocycles. The van der Waals surface area contributed by atoms with Crippen LogP contribution in [-0.2, 0) is 14.4 Å². The molecule has 0 aromatic carbocycles. The average Bonchev–Trinajstić information content (AvgIpc) is 2.55. The molecule has 10 heteroatoms. The lowest BCUT2D eigenvalue weighted by atomic mass is 9.99. The Labute approximate surface area is 182 Å². The molecule has 0 radical (unpaired) electrons. The summed E-state index contributed by atoms with van der Waals surface area (Å²) < 4.78 is 39.3. The third-order valence-corrected chi connectivity index (χ3v) is 4.56. The molecule has 0 heterocycles. The fourth-order valence-corrected chi connectivity index (χ4v) is 3.01. The van der Waals surface area contributed by atoms with Gasteiger partial charge in [-0.25, -0.2) is 0 Å². The molecule has 0 aromatic rings. The maximum atomic E-state index is 13.1. The number of nitrogens with one attached hydrogen (secondary N) is 3. The van der Waals surface area contributed by atoms with Crippen molar-refractivity contribution in [3.8, 4) is 0 Å². The van der Waals surface area contributed by atoms with Gasteiger partial charge in [-0.2, -0.15) is 13.2 Å². The van der Waals surface area contributed by atoms with Crippen molar-refractivity contribution in [1.29, 1.82) is 0 Å². The van der Waals surface area contributed by atoms with Crippen LogP contribution in [-0.4, -0.2) is 53.2 Å². The second-order valence-corrected chi connectivity index (χ2v) is 9.25. The fraction of sp³-hybridized carbons (Fsp3) is 0.857. The van der Waals surface area contributed by atoms with Gasteiger partial charge in [-0.05, 0) is 31.1 Å². The minimum absolute atomic E-state index is 0.0398. The summed E-state index contributed by atoms with van der Waals surface area (Å²) in [5.74, 6) is -2.58. The molecule has 0 aliphatic rings. The van der Waals surface area contributed by atoms with Crippen molar-refractivity contribution in [1.82, 2.24) is 16.0 Å². The zero-order valence-electron chi connectivity index (χ0n) is 19.5. The normalized spacial score (nSPS) is 16.1. The van der Waals surface area contributed by atoms with Crippen LogP contribution >= 0.6 is 0 Å². The van der Waals surface area contributed by atoms with Gasteiger partial charge in [-0.15, -0.1) is 0 Å². The first-order valence-electron chi connectivity index (χ1n) is 10.7. The molecule has 0 aromatic heterocycles. The molecule has 3 amide bonds. The minimum atomic E-state index is -4.71. The molecule has 4 atom stereocenters. The summed E-state index contributed by atoms with van der Waals surface area (Å²) in [5, 5.41) is 17.0. The van der Waals surface area contributed by atoms with E-state index in [1.807, 2.05) is 27.7 Å². The molecule has 4 N–H and O–H groups in total. The van der Waals surface area contributed by atoms with E-state index in [9.17, 15) is 32.7 Å². The van der Waals surface area contributed by atoms with Crippen LogP contribution in [0.5, 0.6) is 0 Å². The van der Waals surface area contributed by atoms with Crippen molar-refractivity contribution in [3.05, 3.63) is 0 Å². The van der Waals surface area contributed by atoms with Gasteiger partial charge in [0.05, 0.1) is 18.6 Å². The first-order valence-corrected chi connectivity index (χ1v) is 10.7. The van der Waals surface area contributed by atoms with Crippen LogP contribution < -0.4 is 16.0 Å². The van der Waals surface area contributed by atoms with Crippen molar-refractivity contribution in [2.45, 2.75) is 98.1 Å². The van der Waals surface area contributed by atoms with E-state index in [0.717, 1.165) is 0 Å². The fourth-order valence-electron chi connectivity index (χ4n) is 3.01. The molecule has 0 aliphatic carbocycles. The predicted octanol–water partition coefficient (Wildman–Crippen LogP) is 2.52. The van der Waals surface area contributed by atoms with Gasteiger partial charge in [0.2, 0.25) is 17.7 Å². The molecule has 31 heavy (non-hydrogen) atoms. The third kappa shape index (κ3) is 12.6. The van der Waals surface area contributed by atoms with Crippen LogP contribution in [0.15, 0.2) is 0 Å². The summed E-state index contributed by atoms with van der Waals surface area (Å²) in [6, 6.07) is -3.73. The Morgan fingerprint density at radius 1 is 0.839 bits per heavy atom. The molecule has 0 bridgehead atoms. The largest absolute Gasteiger partial charge is 0.391 e. The number of rotatable bonds is 12. The molecular weight excluding hydrogens is 415 g/mol. The monoisotopic (exact) mass is 453 g/mol. The Balaban J connectivity index is 5.49. The van der Waals surface area contributed by atoms with Crippen molar-refractivity contribution in [2.24, 2.45) is 17.8 Å². The van der Waals surface area contributed by atoms with Crippen LogP contribution in [0.3, 0.4) is 0 Å². The van der Waals surface area contributed by atoms with Gasteiger partial charge in [-0.1, -0.05) is 41.5 Å². The van der Waals surface area contributed by atoms with Crippen LogP contribution in [0.4, 0.5) is 13.2 Å². The zero-order valence-corrected chi connectivity index (χ0v) is 19.5. The van der Waals surface area contributed by atoms with Gasteiger partial charge in [0.15, 0.2) is 0 Å². The Morgan fingerprint density at radius 3 is 1.77 bits per heavy atom. The highest BCUT2D eigenvalue weighted by molar-refractivity contribution is 5.92. The third-order valence-electron chi connectivity index (χ3n) is 4.56. The van der Waals surface area contributed by atoms with Gasteiger partial charge in [-0.3, -0.25) is 14.4 Å². The lowest BCUT2D eigenvalue weighted by Gasteiger charge is -2.29. The molecular formula is C21H38F3N3O4. The number of aliphatic hydroxyl groups excluding tert-OH is 1. The first-order chi connectivity index (χ1) is 14.0. The van der Waals surface area contributed by atoms with Gasteiger partial charge >= 0.3 is 6.18 Å². The first kappa shape index (κ1) is 29.2. The van der Waals surface area contributed by atoms with E-state index in [4.69, 9.17) is 0 Å². The minimum Gasteiger partial charge on any atom is -0.391 e. The molecule has 182 valence electrons. The second kappa shape index (κ2) is 12.9. The maximum Gasteiger partial charge on any atom is 0.391 e. The summed E-state index contributed by atoms with van der Waals surface area (Å²) in [7, 11) is 0. The summed E-state index contributed by atoms with van der Waals surface area (Å²) in [6.45, 7) is 12.1. The maximum absolute atomic E-state index is 13.1.